The average Bonchev–Trinajstić information content (AvgIpc) is 3.08. The third kappa shape index (κ3) is 2.72. The lowest BCUT2D eigenvalue weighted by Crippen LogP contribution is -2.05. The summed E-state index contributed by atoms with van der Waals surface area (Å²) in [5.41, 5.74) is 1.22. The molecule has 0 saturated heterocycles. The molecule has 2 heterocycles. The number of rotatable bonds is 4. The molecule has 2 N–H and O–H groups in total. The number of nitrogens with zero attached hydrogens (tertiary/aromatic N) is 2. The highest BCUT2D eigenvalue weighted by Gasteiger charge is 2.18. The van der Waals surface area contributed by atoms with Crippen molar-refractivity contribution in [2.75, 3.05) is 11.9 Å². The first-order valence-corrected chi connectivity index (χ1v) is 8.94. The molecule has 6 nitrogen and oxygen atoms in total. The van der Waals surface area contributed by atoms with E-state index in [1.54, 1.807) is 24.4 Å². The zero-order valence-electron chi connectivity index (χ0n) is 13.9. The van der Waals surface area contributed by atoms with Crippen molar-refractivity contribution in [2.45, 2.75) is 6.92 Å². The van der Waals surface area contributed by atoms with Gasteiger partial charge >= 0.3 is 5.97 Å². The van der Waals surface area contributed by atoms with Crippen LogP contribution in [0.25, 0.3) is 21.0 Å². The Morgan fingerprint density at radius 1 is 1.19 bits per heavy atom. The molecular weight excluding hydrogens is 350 g/mol. The van der Waals surface area contributed by atoms with Gasteiger partial charge in [-0.15, -0.1) is 11.3 Å². The van der Waals surface area contributed by atoms with Crippen molar-refractivity contribution >= 4 is 49.8 Å². The van der Waals surface area contributed by atoms with Gasteiger partial charge in [-0.3, -0.25) is 0 Å². The van der Waals surface area contributed by atoms with Gasteiger partial charge in [0, 0.05) is 21.8 Å². The van der Waals surface area contributed by atoms with E-state index in [0.29, 0.717) is 28.2 Å². The number of carbonyl (C=O) groups excluding carboxylic acids is 1. The number of ether oxygens (including phenoxy) is 1. The number of phenols is 1. The van der Waals surface area contributed by atoms with E-state index in [-0.39, 0.29) is 5.75 Å². The summed E-state index contributed by atoms with van der Waals surface area (Å²) in [6.45, 7) is 2.07. The Morgan fingerprint density at radius 3 is 2.85 bits per heavy atom. The molecule has 0 aliphatic carbocycles. The smallest absolute Gasteiger partial charge is 0.339 e. The van der Waals surface area contributed by atoms with E-state index in [9.17, 15) is 9.90 Å². The molecule has 0 fully saturated rings. The van der Waals surface area contributed by atoms with Crippen molar-refractivity contribution in [3.8, 4) is 5.75 Å². The fourth-order valence-corrected chi connectivity index (χ4v) is 3.73. The second-order valence-electron chi connectivity index (χ2n) is 5.58. The average molecular weight is 365 g/mol. The van der Waals surface area contributed by atoms with Crippen LogP contribution in [-0.4, -0.2) is 27.7 Å². The SMILES string of the molecule is CCOC(=O)c1csc2ncnc(Nc3cccc4c(O)cccc34)c12. The van der Waals surface area contributed by atoms with E-state index < -0.39 is 5.97 Å². The number of aromatic hydroxyl groups is 1. The molecule has 0 aliphatic rings. The van der Waals surface area contributed by atoms with E-state index in [1.165, 1.54) is 17.7 Å². The van der Waals surface area contributed by atoms with Crippen LogP contribution >= 0.6 is 11.3 Å². The molecule has 4 rings (SSSR count). The second-order valence-corrected chi connectivity index (χ2v) is 6.43. The van der Waals surface area contributed by atoms with E-state index >= 15 is 0 Å². The van der Waals surface area contributed by atoms with Gasteiger partial charge in [0.1, 0.15) is 22.7 Å². The summed E-state index contributed by atoms with van der Waals surface area (Å²) in [5.74, 6) is 0.337. The van der Waals surface area contributed by atoms with Crippen molar-refractivity contribution in [2.24, 2.45) is 0 Å². The molecule has 0 unspecified atom stereocenters. The Bertz CT molecular complexity index is 1120. The zero-order chi connectivity index (χ0) is 18.1. The van der Waals surface area contributed by atoms with Crippen molar-refractivity contribution in [1.29, 1.82) is 0 Å². The Labute approximate surface area is 153 Å². The number of esters is 1. The maximum Gasteiger partial charge on any atom is 0.339 e. The number of nitrogens with one attached hydrogen (secondary N) is 1. The van der Waals surface area contributed by atoms with Crippen molar-refractivity contribution < 1.29 is 14.6 Å². The van der Waals surface area contributed by atoms with Crippen molar-refractivity contribution in [3.63, 3.8) is 0 Å². The Balaban J connectivity index is 1.85. The van der Waals surface area contributed by atoms with Crippen LogP contribution in [0.15, 0.2) is 48.1 Å². The van der Waals surface area contributed by atoms with Gasteiger partial charge in [-0.1, -0.05) is 24.3 Å². The highest BCUT2D eigenvalue weighted by Crippen LogP contribution is 2.35. The summed E-state index contributed by atoms with van der Waals surface area (Å²) in [6.07, 6.45) is 1.46. The Morgan fingerprint density at radius 2 is 2.00 bits per heavy atom. The molecule has 0 spiro atoms. The number of phenolic OH excluding ortho intramolecular Hbond substituents is 1. The van der Waals surface area contributed by atoms with Crippen molar-refractivity contribution in [3.05, 3.63) is 53.7 Å². The summed E-state index contributed by atoms with van der Waals surface area (Å²) in [6, 6.07) is 10.9. The van der Waals surface area contributed by atoms with Gasteiger partial charge in [0.25, 0.3) is 0 Å². The minimum atomic E-state index is -0.396. The number of thiophene rings is 1. The number of hydrogen-bond acceptors (Lipinski definition) is 7. The number of fused-ring (bicyclic) bond motifs is 2. The molecule has 130 valence electrons. The topological polar surface area (TPSA) is 84.3 Å². The molecule has 0 amide bonds. The fraction of sp³-hybridized carbons (Fsp3) is 0.105. The molecule has 2 aromatic heterocycles. The second kappa shape index (κ2) is 6.61. The third-order valence-corrected chi connectivity index (χ3v) is 4.90. The molecule has 0 aliphatic heterocycles. The van der Waals surface area contributed by atoms with Crippen LogP contribution in [0.1, 0.15) is 17.3 Å². The Kier molecular flexibility index (Phi) is 4.14. The van der Waals surface area contributed by atoms with Crippen LogP contribution in [0.4, 0.5) is 11.5 Å². The first-order valence-electron chi connectivity index (χ1n) is 8.06. The lowest BCUT2D eigenvalue weighted by Gasteiger charge is -2.11. The number of hydrogen-bond donors (Lipinski definition) is 2. The highest BCUT2D eigenvalue weighted by molar-refractivity contribution is 7.17. The van der Waals surface area contributed by atoms with Crippen LogP contribution < -0.4 is 5.32 Å². The largest absolute Gasteiger partial charge is 0.507 e. The molecule has 26 heavy (non-hydrogen) atoms. The zero-order valence-corrected chi connectivity index (χ0v) is 14.7. The monoisotopic (exact) mass is 365 g/mol. The first-order chi connectivity index (χ1) is 12.7. The predicted octanol–water partition coefficient (Wildman–Crippen LogP) is 4.47. The quantitative estimate of drug-likeness (QED) is 0.519. The molecular formula is C19H15N3O3S. The van der Waals surface area contributed by atoms with Crippen LogP contribution in [0.5, 0.6) is 5.75 Å². The highest BCUT2D eigenvalue weighted by atomic mass is 32.1. The number of benzene rings is 2. The standard InChI is InChI=1S/C19H15N3O3S/c1-2-25-19(24)13-9-26-18-16(13)17(20-10-21-18)22-14-7-3-6-12-11(14)5-4-8-15(12)23/h3-10,23H,2H2,1H3,(H,20,21,22). The molecule has 0 radical (unpaired) electrons. The summed E-state index contributed by atoms with van der Waals surface area (Å²) in [5, 5.41) is 17.3. The van der Waals surface area contributed by atoms with Gasteiger partial charge in [-0.2, -0.15) is 0 Å². The lowest BCUT2D eigenvalue weighted by atomic mass is 10.1. The minimum absolute atomic E-state index is 0.210. The summed E-state index contributed by atoms with van der Waals surface area (Å²) < 4.78 is 5.14. The van der Waals surface area contributed by atoms with Gasteiger partial charge in [0.2, 0.25) is 0 Å². The van der Waals surface area contributed by atoms with Crippen LogP contribution in [0.2, 0.25) is 0 Å². The maximum atomic E-state index is 12.2. The van der Waals surface area contributed by atoms with Gasteiger partial charge in [0.05, 0.1) is 17.6 Å². The molecule has 0 bridgehead atoms. The Hall–Kier alpha value is -3.19. The first kappa shape index (κ1) is 16.3. The van der Waals surface area contributed by atoms with Crippen LogP contribution in [-0.2, 0) is 4.74 Å². The number of aromatic nitrogens is 2. The van der Waals surface area contributed by atoms with Gasteiger partial charge in [0.15, 0.2) is 0 Å². The van der Waals surface area contributed by atoms with Gasteiger partial charge in [-0.05, 0) is 19.1 Å². The van der Waals surface area contributed by atoms with Gasteiger partial charge in [-0.25, -0.2) is 14.8 Å². The summed E-state index contributed by atoms with van der Waals surface area (Å²) in [7, 11) is 0. The molecule has 2 aromatic carbocycles. The lowest BCUT2D eigenvalue weighted by molar-refractivity contribution is 0.0529. The van der Waals surface area contributed by atoms with Gasteiger partial charge < -0.3 is 15.2 Å². The van der Waals surface area contributed by atoms with E-state index in [4.69, 9.17) is 4.74 Å². The molecule has 4 aromatic rings. The van der Waals surface area contributed by atoms with E-state index in [0.717, 1.165) is 16.5 Å². The van der Waals surface area contributed by atoms with E-state index in [2.05, 4.69) is 15.3 Å². The molecule has 0 saturated carbocycles. The number of anilines is 2. The normalized spacial score (nSPS) is 11.0. The van der Waals surface area contributed by atoms with Crippen molar-refractivity contribution in [1.82, 2.24) is 9.97 Å². The summed E-state index contributed by atoms with van der Waals surface area (Å²) in [4.78, 5) is 21.5. The summed E-state index contributed by atoms with van der Waals surface area (Å²) >= 11 is 1.37. The fourth-order valence-electron chi connectivity index (χ4n) is 2.86. The van der Waals surface area contributed by atoms with E-state index in [1.807, 2.05) is 24.3 Å². The minimum Gasteiger partial charge on any atom is -0.507 e. The molecule has 7 heteroatoms. The molecule has 0 atom stereocenters. The number of carbonyl (C=O) groups is 1. The van der Waals surface area contributed by atoms with Crippen LogP contribution in [0, 0.1) is 0 Å². The van der Waals surface area contributed by atoms with Crippen LogP contribution in [0.3, 0.4) is 0 Å². The third-order valence-electron chi connectivity index (χ3n) is 4.02. The maximum absolute atomic E-state index is 12.2. The predicted molar refractivity (Wildman–Crippen MR) is 102 cm³/mol.